The number of rotatable bonds is 14. The van der Waals surface area contributed by atoms with Gasteiger partial charge < -0.3 is 35.4 Å². The average Bonchev–Trinajstić information content (AvgIpc) is 4.09. The molecule has 0 radical (unpaired) electrons. The predicted molar refractivity (Wildman–Crippen MR) is 266 cm³/mol. The van der Waals surface area contributed by atoms with Gasteiger partial charge in [-0.25, -0.2) is 4.98 Å². The van der Waals surface area contributed by atoms with E-state index in [2.05, 4.69) is 45.0 Å². The van der Waals surface area contributed by atoms with Crippen molar-refractivity contribution in [2.24, 2.45) is 10.4 Å². The number of hydrogen-bond donors (Lipinski definition) is 4. The molecule has 0 bridgehead atoms. The van der Waals surface area contributed by atoms with Crippen molar-refractivity contribution in [2.75, 3.05) is 25.6 Å². The molecule has 3 aromatic heterocycles. The Kier molecular flexibility index (Phi) is 14.2. The van der Waals surface area contributed by atoms with E-state index in [1.807, 2.05) is 106 Å². The molecule has 2 aliphatic rings. The molecule has 2 aliphatic heterocycles. The van der Waals surface area contributed by atoms with Crippen molar-refractivity contribution in [1.82, 2.24) is 35.3 Å². The summed E-state index contributed by atoms with van der Waals surface area (Å²) >= 11 is 3.21. The van der Waals surface area contributed by atoms with Crippen LogP contribution in [0.1, 0.15) is 97.1 Å². The maximum Gasteiger partial charge on any atom is 0.308 e. The molecule has 360 valence electrons. The summed E-state index contributed by atoms with van der Waals surface area (Å²) in [5.74, 6) is -0.0501. The number of carbonyl (C=O) groups excluding carboxylic acids is 4. The summed E-state index contributed by atoms with van der Waals surface area (Å²) < 4.78 is 13.0. The zero-order valence-electron chi connectivity index (χ0n) is 40.1. The summed E-state index contributed by atoms with van der Waals surface area (Å²) in [4.78, 5) is 67.2. The van der Waals surface area contributed by atoms with Crippen LogP contribution in [0.15, 0.2) is 83.3 Å². The van der Waals surface area contributed by atoms with Gasteiger partial charge >= 0.3 is 5.97 Å². The Bertz CT molecular complexity index is 2920. The number of aliphatic hydroxyl groups excluding tert-OH is 1. The number of aryl methyl sites for hydroxylation is 3. The lowest BCUT2D eigenvalue weighted by Gasteiger charge is -2.35. The second-order valence-corrected chi connectivity index (χ2v) is 20.6. The Morgan fingerprint density at radius 3 is 2.33 bits per heavy atom. The number of likely N-dealkylation sites (tertiary alicyclic amines) is 1. The van der Waals surface area contributed by atoms with E-state index in [-0.39, 0.29) is 37.9 Å². The first-order valence-electron chi connectivity index (χ1n) is 22.8. The molecule has 3 amide bonds. The Labute approximate surface area is 409 Å². The number of aliphatic hydroxyl groups is 1. The minimum atomic E-state index is -1.02. The number of nitrogens with zero attached hydrogens (tertiary/aromatic N) is 6. The number of hydrogen-bond acceptors (Lipinski definition) is 14. The molecule has 0 unspecified atom stereocenters. The first-order chi connectivity index (χ1) is 32.9. The average molecular weight is 972 g/mol. The summed E-state index contributed by atoms with van der Waals surface area (Å²) in [6.07, 6.45) is -0.817. The van der Waals surface area contributed by atoms with Crippen LogP contribution in [0.3, 0.4) is 0 Å². The van der Waals surface area contributed by atoms with E-state index in [1.165, 1.54) is 12.0 Å². The van der Waals surface area contributed by atoms with Gasteiger partial charge in [-0.3, -0.25) is 28.7 Å². The van der Waals surface area contributed by atoms with Gasteiger partial charge in [0.15, 0.2) is 12.4 Å². The number of amides is 3. The molecule has 0 saturated carbocycles. The van der Waals surface area contributed by atoms with E-state index >= 15 is 0 Å². The molecular formula is C51H57N9O7S2. The van der Waals surface area contributed by atoms with Gasteiger partial charge in [-0.15, -0.1) is 32.9 Å². The van der Waals surface area contributed by atoms with Crippen molar-refractivity contribution in [3.05, 3.63) is 123 Å². The quantitative estimate of drug-likeness (QED) is 0.0782. The molecule has 16 nitrogen and oxygen atoms in total. The number of esters is 1. The molecule has 0 aliphatic carbocycles. The number of methoxy groups -OCH3 is 1. The molecule has 8 rings (SSSR count). The molecule has 6 aromatic rings. The first-order valence-corrected chi connectivity index (χ1v) is 24.5. The van der Waals surface area contributed by atoms with Crippen molar-refractivity contribution >= 4 is 63.5 Å². The van der Waals surface area contributed by atoms with Gasteiger partial charge in [-0.05, 0) is 81.0 Å². The Morgan fingerprint density at radius 1 is 0.928 bits per heavy atom. The molecule has 1 saturated heterocycles. The molecule has 69 heavy (non-hydrogen) atoms. The number of benzene rings is 3. The number of nitrogens with one attached hydrogen (secondary N) is 3. The fourth-order valence-electron chi connectivity index (χ4n) is 8.67. The van der Waals surface area contributed by atoms with Gasteiger partial charge in [0.1, 0.15) is 34.7 Å². The lowest BCUT2D eigenvalue weighted by Crippen LogP contribution is -2.58. The Balaban J connectivity index is 0.903. The molecule has 5 atom stereocenters. The largest absolute Gasteiger partial charge is 0.484 e. The van der Waals surface area contributed by atoms with Crippen molar-refractivity contribution < 1.29 is 33.8 Å². The Morgan fingerprint density at radius 2 is 1.65 bits per heavy atom. The molecule has 0 spiro atoms. The number of carbonyl (C=O) groups is 4. The highest BCUT2D eigenvalue weighted by molar-refractivity contribution is 7.15. The number of ether oxygens (including phenoxy) is 2. The van der Waals surface area contributed by atoms with Crippen molar-refractivity contribution in [2.45, 2.75) is 98.5 Å². The van der Waals surface area contributed by atoms with Gasteiger partial charge in [0.05, 0.1) is 47.5 Å². The summed E-state index contributed by atoms with van der Waals surface area (Å²) in [6.45, 7) is 15.0. The van der Waals surface area contributed by atoms with Crippen molar-refractivity contribution in [3.63, 3.8) is 0 Å². The van der Waals surface area contributed by atoms with Crippen LogP contribution >= 0.6 is 22.7 Å². The SMILES string of the molecule is COC(=O)C[C@@H]1N=C(c2ccc(Nc3cccc(OCC(=O)N[C@H](C(=O)N4C[C@H](O)C[C@H]4C(=O)N[C@@H](C)c4ccc(-c5scnc5C)cc4)C(C)(C)C)c3)cc2)c2c(sc(C)c2C)-n2c(C)nnc21. The first kappa shape index (κ1) is 48.7. The van der Waals surface area contributed by atoms with Crippen molar-refractivity contribution in [1.29, 1.82) is 0 Å². The fourth-order valence-corrected chi connectivity index (χ4v) is 10.7. The molecule has 18 heteroatoms. The van der Waals surface area contributed by atoms with Crippen LogP contribution in [-0.2, 0) is 23.9 Å². The Hall–Kier alpha value is -6.76. The van der Waals surface area contributed by atoms with E-state index in [4.69, 9.17) is 14.5 Å². The van der Waals surface area contributed by atoms with E-state index in [0.717, 1.165) is 59.7 Å². The second kappa shape index (κ2) is 20.1. The summed E-state index contributed by atoms with van der Waals surface area (Å²) in [5, 5.41) is 29.8. The normalized spacial score (nSPS) is 17.4. The minimum Gasteiger partial charge on any atom is -0.484 e. The van der Waals surface area contributed by atoms with Crippen LogP contribution in [0, 0.1) is 33.1 Å². The summed E-state index contributed by atoms with van der Waals surface area (Å²) in [5.41, 5.74) is 9.12. The van der Waals surface area contributed by atoms with Crippen LogP contribution < -0.4 is 20.7 Å². The third-order valence-corrected chi connectivity index (χ3v) is 14.7. The fraction of sp³-hybridized carbons (Fsp3) is 0.373. The number of thiophene rings is 1. The lowest BCUT2D eigenvalue weighted by atomic mass is 9.85. The zero-order chi connectivity index (χ0) is 49.3. The maximum atomic E-state index is 14.3. The number of aromatic nitrogens is 4. The van der Waals surface area contributed by atoms with Gasteiger partial charge in [0, 0.05) is 46.4 Å². The van der Waals surface area contributed by atoms with Crippen molar-refractivity contribution in [3.8, 4) is 21.2 Å². The second-order valence-electron chi connectivity index (χ2n) is 18.6. The third kappa shape index (κ3) is 10.5. The smallest absolute Gasteiger partial charge is 0.308 e. The lowest BCUT2D eigenvalue weighted by molar-refractivity contribution is -0.144. The predicted octanol–water partition coefficient (Wildman–Crippen LogP) is 7.63. The van der Waals surface area contributed by atoms with E-state index < -0.39 is 47.4 Å². The molecule has 3 aromatic carbocycles. The van der Waals surface area contributed by atoms with E-state index in [0.29, 0.717) is 23.1 Å². The van der Waals surface area contributed by atoms with Gasteiger partial charge in [0.25, 0.3) is 5.91 Å². The number of aliphatic imine (C=N–C) groups is 1. The van der Waals surface area contributed by atoms with Crippen LogP contribution in [0.5, 0.6) is 5.75 Å². The number of β-amino-alcohol motifs (C(OH)–C–C–N with tert-alkyl or cyclic N) is 1. The van der Waals surface area contributed by atoms with Gasteiger partial charge in [-0.1, -0.05) is 63.2 Å². The maximum absolute atomic E-state index is 14.3. The minimum absolute atomic E-state index is 0.0103. The van der Waals surface area contributed by atoms with E-state index in [9.17, 15) is 24.3 Å². The molecule has 1 fully saturated rings. The standard InChI is InChI=1S/C51H57N9O7S2/c1-27-30(4)69-50-43(27)44(55-39(23-42(63)66-9)47-58-57-31(5)60(47)50)33-17-19-35(20-18-33)54-36-11-10-12-38(21-36)67-25-41(62)56-46(51(6,7)8)49(65)59-24-37(61)22-40(59)48(64)53-28(2)32-13-15-34(16-14-32)45-29(3)52-26-68-45/h10-21,26,28,37,39-40,46,54,61H,22-25H2,1-9H3,(H,53,64)(H,56,62)/t28-,37+,39-,40-,46+/m0/s1. The van der Waals surface area contributed by atoms with Crippen LogP contribution in [0.2, 0.25) is 0 Å². The molecular weight excluding hydrogens is 915 g/mol. The summed E-state index contributed by atoms with van der Waals surface area (Å²) in [7, 11) is 1.36. The highest BCUT2D eigenvalue weighted by Crippen LogP contribution is 2.40. The van der Waals surface area contributed by atoms with Gasteiger partial charge in [0.2, 0.25) is 11.8 Å². The number of fused-ring (bicyclic) bond motifs is 3. The van der Waals surface area contributed by atoms with E-state index in [1.54, 1.807) is 40.9 Å². The summed E-state index contributed by atoms with van der Waals surface area (Å²) in [6, 6.07) is 20.0. The molecule has 5 heterocycles. The number of anilines is 2. The van der Waals surface area contributed by atoms with Gasteiger partial charge in [-0.2, -0.15) is 0 Å². The topological polar surface area (TPSA) is 202 Å². The zero-order valence-corrected chi connectivity index (χ0v) is 41.8. The third-order valence-electron chi connectivity index (χ3n) is 12.5. The molecule has 4 N–H and O–H groups in total. The number of thiazole rings is 1. The van der Waals surface area contributed by atoms with Crippen LogP contribution in [-0.4, -0.2) is 97.6 Å². The van der Waals surface area contributed by atoms with Crippen LogP contribution in [0.4, 0.5) is 11.4 Å². The van der Waals surface area contributed by atoms with Crippen LogP contribution in [0.25, 0.3) is 15.4 Å². The highest BCUT2D eigenvalue weighted by atomic mass is 32.1. The monoisotopic (exact) mass is 971 g/mol. The highest BCUT2D eigenvalue weighted by Gasteiger charge is 2.45.